The van der Waals surface area contributed by atoms with Crippen molar-refractivity contribution in [2.45, 2.75) is 104 Å². The summed E-state index contributed by atoms with van der Waals surface area (Å²) in [6, 6.07) is 1.29. The first-order valence-corrected chi connectivity index (χ1v) is 11.3. The topological polar surface area (TPSA) is 3.24 Å². The van der Waals surface area contributed by atoms with E-state index in [1.165, 1.54) is 63.4 Å². The summed E-state index contributed by atoms with van der Waals surface area (Å²) in [7, 11) is 0. The Hall–Kier alpha value is -0.720. The normalized spacial score (nSPS) is 39.1. The molecule has 3 fully saturated rings. The van der Waals surface area contributed by atoms with E-state index in [2.05, 4.69) is 58.9 Å². The summed E-state index contributed by atoms with van der Waals surface area (Å²) in [5, 5.41) is 0. The van der Waals surface area contributed by atoms with Crippen molar-refractivity contribution in [1.29, 1.82) is 0 Å². The van der Waals surface area contributed by atoms with Gasteiger partial charge in [-0.25, -0.2) is 0 Å². The van der Waals surface area contributed by atoms with E-state index in [1.807, 2.05) is 0 Å². The quantitative estimate of drug-likeness (QED) is 0.380. The summed E-state index contributed by atoms with van der Waals surface area (Å²) in [6.07, 6.45) is 14.4. The van der Waals surface area contributed by atoms with Crippen molar-refractivity contribution < 1.29 is 0 Å². The number of hydrogen-bond acceptors (Lipinski definition) is 1. The molecule has 26 heavy (non-hydrogen) atoms. The van der Waals surface area contributed by atoms with Crippen LogP contribution in [0.2, 0.25) is 0 Å². The molecule has 2 saturated carbocycles. The lowest BCUT2D eigenvalue weighted by atomic mass is 9.58. The molecule has 0 aromatic rings. The summed E-state index contributed by atoms with van der Waals surface area (Å²) >= 11 is 0. The zero-order valence-corrected chi connectivity index (χ0v) is 18.2. The van der Waals surface area contributed by atoms with Crippen LogP contribution < -0.4 is 0 Å². The van der Waals surface area contributed by atoms with Crippen molar-refractivity contribution in [2.75, 3.05) is 0 Å². The van der Waals surface area contributed by atoms with Crippen molar-refractivity contribution in [3.63, 3.8) is 0 Å². The van der Waals surface area contributed by atoms with Gasteiger partial charge in [0.25, 0.3) is 0 Å². The third-order valence-electron chi connectivity index (χ3n) is 9.31. The molecule has 5 atom stereocenters. The molecule has 3 aliphatic rings. The van der Waals surface area contributed by atoms with Crippen molar-refractivity contribution in [3.8, 4) is 0 Å². The minimum Gasteiger partial charge on any atom is -0.368 e. The molecule has 1 heteroatoms. The molecule has 0 bridgehead atoms. The van der Waals surface area contributed by atoms with Crippen LogP contribution >= 0.6 is 0 Å². The van der Waals surface area contributed by atoms with Gasteiger partial charge in [-0.2, -0.15) is 0 Å². The predicted octanol–water partition coefficient (Wildman–Crippen LogP) is 7.20. The number of fused-ring (bicyclic) bond motifs is 1. The first-order valence-electron chi connectivity index (χ1n) is 11.3. The molecular weight excluding hydrogens is 314 g/mol. The van der Waals surface area contributed by atoms with Crippen molar-refractivity contribution >= 4 is 0 Å². The largest absolute Gasteiger partial charge is 0.368 e. The minimum absolute atomic E-state index is 0.385. The molecule has 2 aliphatic carbocycles. The van der Waals surface area contributed by atoms with Gasteiger partial charge in [0.05, 0.1) is 6.04 Å². The molecule has 1 saturated heterocycles. The lowest BCUT2D eigenvalue weighted by Gasteiger charge is -2.47. The summed E-state index contributed by atoms with van der Waals surface area (Å²) in [5.74, 6) is 2.41. The SMILES string of the molecule is C=CN1C(C(=C)CC2CCCC(C)(C)C(C)(C)C2C)CC2CCCCC21. The molecule has 3 rings (SSSR count). The molecule has 1 heterocycles. The van der Waals surface area contributed by atoms with E-state index in [0.29, 0.717) is 16.9 Å². The van der Waals surface area contributed by atoms with Gasteiger partial charge in [0.2, 0.25) is 0 Å². The average molecular weight is 358 g/mol. The molecule has 0 N–H and O–H groups in total. The molecule has 0 aromatic heterocycles. The van der Waals surface area contributed by atoms with Crippen molar-refractivity contribution in [3.05, 3.63) is 24.9 Å². The zero-order chi connectivity index (χ0) is 19.1. The Morgan fingerprint density at radius 2 is 1.77 bits per heavy atom. The highest BCUT2D eigenvalue weighted by Gasteiger charge is 2.46. The minimum atomic E-state index is 0.385. The maximum Gasteiger partial charge on any atom is 0.0500 e. The van der Waals surface area contributed by atoms with Crippen LogP contribution in [0.3, 0.4) is 0 Å². The van der Waals surface area contributed by atoms with Gasteiger partial charge in [-0.3, -0.25) is 0 Å². The highest BCUT2D eigenvalue weighted by Crippen LogP contribution is 2.54. The fraction of sp³-hybridized carbons (Fsp3) is 0.840. The van der Waals surface area contributed by atoms with E-state index in [4.69, 9.17) is 0 Å². The zero-order valence-electron chi connectivity index (χ0n) is 18.2. The first-order chi connectivity index (χ1) is 12.2. The Balaban J connectivity index is 1.72. The fourth-order valence-corrected chi connectivity index (χ4v) is 6.47. The van der Waals surface area contributed by atoms with Crippen molar-refractivity contribution in [1.82, 2.24) is 4.90 Å². The highest BCUT2D eigenvalue weighted by atomic mass is 15.2. The second-order valence-electron chi connectivity index (χ2n) is 10.9. The van der Waals surface area contributed by atoms with E-state index in [0.717, 1.165) is 23.8 Å². The Labute approximate surface area is 163 Å². The Bertz CT molecular complexity index is 528. The Morgan fingerprint density at radius 1 is 1.08 bits per heavy atom. The smallest absolute Gasteiger partial charge is 0.0500 e. The van der Waals surface area contributed by atoms with E-state index < -0.39 is 0 Å². The molecule has 0 amide bonds. The number of nitrogens with zero attached hydrogens (tertiary/aromatic N) is 1. The molecule has 148 valence electrons. The maximum atomic E-state index is 4.65. The molecular formula is C25H43N. The summed E-state index contributed by atoms with van der Waals surface area (Å²) in [5.41, 5.74) is 2.31. The van der Waals surface area contributed by atoms with Crippen LogP contribution in [-0.2, 0) is 0 Å². The maximum absolute atomic E-state index is 4.65. The fourth-order valence-electron chi connectivity index (χ4n) is 6.47. The van der Waals surface area contributed by atoms with Gasteiger partial charge >= 0.3 is 0 Å². The van der Waals surface area contributed by atoms with Crippen LogP contribution in [-0.4, -0.2) is 17.0 Å². The second kappa shape index (κ2) is 7.36. The third kappa shape index (κ3) is 3.40. The molecule has 1 aliphatic heterocycles. The van der Waals surface area contributed by atoms with Gasteiger partial charge in [-0.05, 0) is 73.3 Å². The van der Waals surface area contributed by atoms with Gasteiger partial charge < -0.3 is 4.90 Å². The molecule has 5 unspecified atom stereocenters. The standard InChI is InChI=1S/C25H43N/c1-8-26-22-14-10-9-12-21(22)17-23(26)18(2)16-20-13-11-15-24(4,5)25(6,7)19(20)3/h8,19-23H,1-2,9-17H2,3-7H3. The van der Waals surface area contributed by atoms with Crippen LogP contribution in [0, 0.1) is 28.6 Å². The van der Waals surface area contributed by atoms with E-state index in [9.17, 15) is 0 Å². The van der Waals surface area contributed by atoms with Crippen LogP contribution in [0.4, 0.5) is 0 Å². The van der Waals surface area contributed by atoms with Gasteiger partial charge in [0.1, 0.15) is 0 Å². The third-order valence-corrected chi connectivity index (χ3v) is 9.31. The number of hydrogen-bond donors (Lipinski definition) is 0. The van der Waals surface area contributed by atoms with Crippen LogP contribution in [0.15, 0.2) is 24.9 Å². The lowest BCUT2D eigenvalue weighted by Crippen LogP contribution is -2.39. The summed E-state index contributed by atoms with van der Waals surface area (Å²) < 4.78 is 0. The summed E-state index contributed by atoms with van der Waals surface area (Å²) in [6.45, 7) is 21.3. The average Bonchev–Trinajstić information content (AvgIpc) is 2.95. The molecule has 1 nitrogen and oxygen atoms in total. The highest BCUT2D eigenvalue weighted by molar-refractivity contribution is 5.16. The first kappa shape index (κ1) is 20.0. The van der Waals surface area contributed by atoms with Gasteiger partial charge in [-0.1, -0.05) is 72.6 Å². The number of rotatable bonds is 4. The van der Waals surface area contributed by atoms with Crippen LogP contribution in [0.25, 0.3) is 0 Å². The van der Waals surface area contributed by atoms with Gasteiger partial charge in [0, 0.05) is 6.04 Å². The van der Waals surface area contributed by atoms with E-state index in [1.54, 1.807) is 0 Å². The number of likely N-dealkylation sites (tertiary alicyclic amines) is 1. The Morgan fingerprint density at radius 3 is 2.46 bits per heavy atom. The van der Waals surface area contributed by atoms with Gasteiger partial charge in [0.15, 0.2) is 0 Å². The monoisotopic (exact) mass is 357 g/mol. The van der Waals surface area contributed by atoms with E-state index in [-0.39, 0.29) is 0 Å². The van der Waals surface area contributed by atoms with Gasteiger partial charge in [-0.15, -0.1) is 0 Å². The van der Waals surface area contributed by atoms with Crippen LogP contribution in [0.1, 0.15) is 92.4 Å². The Kier molecular flexibility index (Phi) is 5.67. The molecule has 0 spiro atoms. The predicted molar refractivity (Wildman–Crippen MR) is 114 cm³/mol. The second-order valence-corrected chi connectivity index (χ2v) is 10.9. The lowest BCUT2D eigenvalue weighted by molar-refractivity contribution is 0.0295. The van der Waals surface area contributed by atoms with E-state index >= 15 is 0 Å². The molecule has 0 aromatic carbocycles. The summed E-state index contributed by atoms with van der Waals surface area (Å²) in [4.78, 5) is 2.60. The van der Waals surface area contributed by atoms with Crippen LogP contribution in [0.5, 0.6) is 0 Å². The molecule has 0 radical (unpaired) electrons. The van der Waals surface area contributed by atoms with Crippen molar-refractivity contribution in [2.24, 2.45) is 28.6 Å².